The Kier molecular flexibility index (Phi) is 9.97. The molecule has 3 aliphatic carbocycles. The van der Waals surface area contributed by atoms with Crippen molar-refractivity contribution in [3.05, 3.63) is 105 Å². The van der Waals surface area contributed by atoms with Crippen molar-refractivity contribution in [3.8, 4) is 0 Å². The number of thiophene rings is 1. The highest BCUT2D eigenvalue weighted by Crippen LogP contribution is 2.59. The van der Waals surface area contributed by atoms with Crippen molar-refractivity contribution in [2.24, 2.45) is 5.41 Å². The van der Waals surface area contributed by atoms with Gasteiger partial charge >= 0.3 is 0 Å². The van der Waals surface area contributed by atoms with Crippen molar-refractivity contribution in [2.75, 3.05) is 19.3 Å². The lowest BCUT2D eigenvalue weighted by atomic mass is 9.64. The molecule has 2 aromatic carbocycles. The normalized spacial score (nSPS) is 26.3. The number of aliphatic hydroxyl groups is 2. The number of benzene rings is 2. The molecule has 236 valence electrons. The zero-order valence-corrected chi connectivity index (χ0v) is 27.7. The van der Waals surface area contributed by atoms with Crippen molar-refractivity contribution < 1.29 is 23.4 Å². The lowest BCUT2D eigenvalue weighted by Gasteiger charge is -2.45. The van der Waals surface area contributed by atoms with Crippen LogP contribution in [-0.2, 0) is 22.9 Å². The average Bonchev–Trinajstić information content (AvgIpc) is 3.60. The molecule has 1 heterocycles. The molecule has 44 heavy (non-hydrogen) atoms. The Hall–Kier alpha value is -2.62. The van der Waals surface area contributed by atoms with Gasteiger partial charge in [0.25, 0.3) is 0 Å². The second-order valence-electron chi connectivity index (χ2n) is 13.1. The zero-order chi connectivity index (χ0) is 31.5. The van der Waals surface area contributed by atoms with Gasteiger partial charge in [0.2, 0.25) is 10.0 Å². The molecule has 3 aromatic rings. The van der Waals surface area contributed by atoms with E-state index in [9.17, 15) is 23.4 Å². The minimum Gasteiger partial charge on any atom is -0.393 e. The standard InChI is InChI=1S/C36H45NO5S2/c1-26-9-7-19-35(2)33(17-20-36(35,40)25-37(44(3,41)42)21-18-30-12-8-22-43-30)31-16-14-27(23-29(38)15-13-26)24-32(31)34(39)28-10-5-4-6-11-28/h4-6,8-12,14,16,22,24,29,33,38,40H,7,13,15,17-21,23,25H2,1-3H3/t29-,33-,35-,36+/m0/s1. The molecular weight excluding hydrogens is 591 g/mol. The van der Waals surface area contributed by atoms with Crippen molar-refractivity contribution in [3.63, 3.8) is 0 Å². The maximum Gasteiger partial charge on any atom is 0.211 e. The van der Waals surface area contributed by atoms with Gasteiger partial charge in [-0.1, -0.05) is 67.1 Å². The predicted octanol–water partition coefficient (Wildman–Crippen LogP) is 6.52. The van der Waals surface area contributed by atoms with Crippen LogP contribution in [0.4, 0.5) is 0 Å². The highest BCUT2D eigenvalue weighted by atomic mass is 32.2. The molecule has 1 fully saturated rings. The van der Waals surface area contributed by atoms with E-state index < -0.39 is 27.1 Å². The number of ketones is 1. The minimum absolute atomic E-state index is 0.0130. The molecule has 1 aromatic heterocycles. The van der Waals surface area contributed by atoms with Gasteiger partial charge < -0.3 is 10.2 Å². The fourth-order valence-corrected chi connectivity index (χ4v) is 8.85. The summed E-state index contributed by atoms with van der Waals surface area (Å²) in [5, 5.41) is 25.4. The van der Waals surface area contributed by atoms with E-state index in [0.717, 1.165) is 22.4 Å². The topological polar surface area (TPSA) is 94.9 Å². The number of hydrogen-bond donors (Lipinski definition) is 2. The maximum atomic E-state index is 14.1. The fourth-order valence-electron chi connectivity index (χ4n) is 7.29. The van der Waals surface area contributed by atoms with Crippen LogP contribution >= 0.6 is 11.3 Å². The minimum atomic E-state index is -3.59. The van der Waals surface area contributed by atoms with E-state index in [0.29, 0.717) is 62.6 Å². The summed E-state index contributed by atoms with van der Waals surface area (Å²) in [4.78, 5) is 15.2. The Bertz CT molecular complexity index is 1580. The number of carbonyl (C=O) groups excluding carboxylic acids is 1. The molecule has 0 radical (unpaired) electrons. The third-order valence-electron chi connectivity index (χ3n) is 10.0. The van der Waals surface area contributed by atoms with Crippen LogP contribution in [0.25, 0.3) is 0 Å². The lowest BCUT2D eigenvalue weighted by Crippen LogP contribution is -2.54. The molecule has 3 aliphatic rings. The van der Waals surface area contributed by atoms with E-state index in [1.807, 2.05) is 66.0 Å². The second kappa shape index (κ2) is 13.4. The Balaban J connectivity index is 1.58. The number of allylic oxidation sites excluding steroid dienone is 2. The first-order valence-electron chi connectivity index (χ1n) is 15.7. The molecule has 0 unspecified atom stereocenters. The Morgan fingerprint density at radius 3 is 2.55 bits per heavy atom. The molecule has 8 heteroatoms. The van der Waals surface area contributed by atoms with Crippen LogP contribution in [0.3, 0.4) is 0 Å². The first-order valence-corrected chi connectivity index (χ1v) is 18.4. The van der Waals surface area contributed by atoms with Crippen LogP contribution in [0.2, 0.25) is 0 Å². The van der Waals surface area contributed by atoms with Crippen molar-refractivity contribution in [1.82, 2.24) is 4.31 Å². The molecular formula is C36H45NO5S2. The smallest absolute Gasteiger partial charge is 0.211 e. The van der Waals surface area contributed by atoms with Gasteiger partial charge in [0.15, 0.2) is 5.78 Å². The highest BCUT2D eigenvalue weighted by molar-refractivity contribution is 7.88. The third-order valence-corrected chi connectivity index (χ3v) is 12.2. The third kappa shape index (κ3) is 7.10. The van der Waals surface area contributed by atoms with E-state index >= 15 is 0 Å². The summed E-state index contributed by atoms with van der Waals surface area (Å²) in [5.74, 6) is -0.240. The van der Waals surface area contributed by atoms with Crippen molar-refractivity contribution in [2.45, 2.75) is 82.8 Å². The molecule has 0 amide bonds. The SMILES string of the molecule is CC1=CCC[C@@]2(C)[C@@H](CC[C@@]2(O)CN(CCc2cccs2)S(C)(=O)=O)c2ccc(cc2C(=O)c2ccccc2)C[C@@H](O)CC1. The molecule has 4 atom stereocenters. The summed E-state index contributed by atoms with van der Waals surface area (Å²) in [6.45, 7) is 4.49. The summed E-state index contributed by atoms with van der Waals surface area (Å²) < 4.78 is 27.6. The summed E-state index contributed by atoms with van der Waals surface area (Å²) in [6.07, 6.45) is 7.77. The summed E-state index contributed by atoms with van der Waals surface area (Å²) >= 11 is 1.60. The van der Waals surface area contributed by atoms with Gasteiger partial charge in [-0.15, -0.1) is 11.3 Å². The molecule has 6 rings (SSSR count). The molecule has 2 N–H and O–H groups in total. The van der Waals surface area contributed by atoms with Crippen LogP contribution in [0.15, 0.2) is 77.7 Å². The molecule has 2 bridgehead atoms. The number of hydrogen-bond acceptors (Lipinski definition) is 6. The van der Waals surface area contributed by atoms with Crippen LogP contribution in [0, 0.1) is 5.41 Å². The van der Waals surface area contributed by atoms with Crippen LogP contribution in [-0.4, -0.2) is 59.8 Å². The second-order valence-corrected chi connectivity index (χ2v) is 16.1. The van der Waals surface area contributed by atoms with Crippen molar-refractivity contribution in [1.29, 1.82) is 0 Å². The number of aliphatic hydroxyl groups excluding tert-OH is 1. The van der Waals surface area contributed by atoms with E-state index in [4.69, 9.17) is 0 Å². The lowest BCUT2D eigenvalue weighted by molar-refractivity contribution is -0.0722. The van der Waals surface area contributed by atoms with Crippen LogP contribution < -0.4 is 0 Å². The number of sulfonamides is 1. The highest BCUT2D eigenvalue weighted by Gasteiger charge is 2.57. The van der Waals surface area contributed by atoms with Crippen LogP contribution in [0.1, 0.15) is 90.2 Å². The van der Waals surface area contributed by atoms with Crippen molar-refractivity contribution >= 4 is 27.1 Å². The van der Waals surface area contributed by atoms with Gasteiger partial charge in [-0.3, -0.25) is 4.79 Å². The number of nitrogens with zero attached hydrogens (tertiary/aromatic N) is 1. The number of carbonyl (C=O) groups is 1. The Morgan fingerprint density at radius 1 is 1.07 bits per heavy atom. The van der Waals surface area contributed by atoms with Crippen LogP contribution in [0.5, 0.6) is 0 Å². The Labute approximate surface area is 266 Å². The largest absolute Gasteiger partial charge is 0.393 e. The van der Waals surface area contributed by atoms with Gasteiger partial charge in [0.05, 0.1) is 18.0 Å². The van der Waals surface area contributed by atoms with E-state index in [-0.39, 0.29) is 18.2 Å². The molecule has 6 nitrogen and oxygen atoms in total. The first-order chi connectivity index (χ1) is 20.9. The molecule has 0 aliphatic heterocycles. The van der Waals surface area contributed by atoms with Gasteiger partial charge in [-0.05, 0) is 92.8 Å². The van der Waals surface area contributed by atoms with Gasteiger partial charge in [-0.25, -0.2) is 8.42 Å². The van der Waals surface area contributed by atoms with E-state index in [1.54, 1.807) is 11.3 Å². The fraction of sp³-hybridized carbons (Fsp3) is 0.472. The maximum absolute atomic E-state index is 14.1. The molecule has 1 saturated carbocycles. The average molecular weight is 636 g/mol. The van der Waals surface area contributed by atoms with E-state index in [1.165, 1.54) is 16.1 Å². The predicted molar refractivity (Wildman–Crippen MR) is 178 cm³/mol. The summed E-state index contributed by atoms with van der Waals surface area (Å²) in [7, 11) is -3.59. The Morgan fingerprint density at radius 2 is 1.84 bits per heavy atom. The van der Waals surface area contributed by atoms with Gasteiger partial charge in [0.1, 0.15) is 0 Å². The zero-order valence-electron chi connectivity index (χ0n) is 26.0. The summed E-state index contributed by atoms with van der Waals surface area (Å²) in [5.41, 5.74) is 2.19. The quantitative estimate of drug-likeness (QED) is 0.217. The van der Waals surface area contributed by atoms with Gasteiger partial charge in [0, 0.05) is 34.5 Å². The number of rotatable bonds is 8. The summed E-state index contributed by atoms with van der Waals surface area (Å²) in [6, 6.07) is 19.2. The monoisotopic (exact) mass is 635 g/mol. The van der Waals surface area contributed by atoms with Gasteiger partial charge in [-0.2, -0.15) is 4.31 Å². The molecule has 0 saturated heterocycles. The van der Waals surface area contributed by atoms with E-state index in [2.05, 4.69) is 19.9 Å². The molecule has 0 spiro atoms. The number of fused-ring (bicyclic) bond motifs is 8. The first kappa shape index (κ1) is 32.8.